The van der Waals surface area contributed by atoms with Crippen LogP contribution in [0.1, 0.15) is 148 Å². The molecule has 0 fully saturated rings. The number of hydrogen-bond acceptors (Lipinski definition) is 0. The van der Waals surface area contributed by atoms with E-state index in [0.29, 0.717) is 0 Å². The third-order valence-electron chi connectivity index (χ3n) is 2.34. The quantitative estimate of drug-likeness (QED) is 0.265. The fourth-order valence-corrected chi connectivity index (χ4v) is 1.45. The molecule has 0 aromatic heterocycles. The fourth-order valence-electron chi connectivity index (χ4n) is 1.45. The van der Waals surface area contributed by atoms with Crippen LogP contribution in [0.2, 0.25) is 0 Å². The Kier molecular flexibility index (Phi) is 3810. The van der Waals surface area contributed by atoms with Crippen molar-refractivity contribution in [3.63, 3.8) is 0 Å². The maximum absolute atomic E-state index is 3.44. The van der Waals surface area contributed by atoms with Crippen molar-refractivity contribution in [3.8, 4) is 0 Å². The van der Waals surface area contributed by atoms with Crippen LogP contribution in [0.5, 0.6) is 0 Å². The first-order valence-corrected chi connectivity index (χ1v) is 12.0. The second-order valence-corrected chi connectivity index (χ2v) is 7.55. The Morgan fingerprint density at radius 2 is 0.165 bits per heavy atom. The molecule has 0 aliphatic carbocycles. The predicted molar refractivity (Wildman–Crippen MR) is 214 cm³/mol. The van der Waals surface area contributed by atoms with E-state index in [0.717, 1.165) is 19.3 Å². The average molecular weight is 7240 g/mol. The summed E-state index contributed by atoms with van der Waals surface area (Å²) in [5.41, 5.74) is 3.93. The third-order valence-corrected chi connectivity index (χ3v) is 2.34. The van der Waals surface area contributed by atoms with Crippen LogP contribution in [0, 0.1) is 85.1 Å². The summed E-state index contributed by atoms with van der Waals surface area (Å²) in [6.07, 6.45) is 8.46. The maximum atomic E-state index is 3.44. The Hall–Kier alpha value is 82.0. The van der Waals surface area contributed by atoms with Gasteiger partial charge >= 0.3 is 0 Å². The van der Waals surface area contributed by atoms with Crippen LogP contribution in [0.25, 0.3) is 0 Å². The molecule has 1 aromatic carbocycles. The minimum absolute atomic E-state index is 0. The van der Waals surface area contributed by atoms with Gasteiger partial charge in [-0.15, -0.1) is 0 Å². The van der Waals surface area contributed by atoms with Crippen LogP contribution < -0.4 is 0 Å². The van der Waals surface area contributed by atoms with Gasteiger partial charge in [-0.3, -0.25) is 0 Å². The van der Waals surface area contributed by atoms with Crippen LogP contribution in [0.15, 0.2) is 18.2 Å². The predicted octanol–water partition coefficient (Wildman–Crippen LogP) is 15.9. The van der Waals surface area contributed by atoms with E-state index in [1.54, 1.807) is 0 Å². The first kappa shape index (κ1) is 674. The van der Waals surface area contributed by atoms with E-state index in [1.165, 1.54) is 42.4 Å². The Morgan fingerprint density at radius 1 is 0.139 bits per heavy atom. The zero-order valence-electron chi connectivity index (χ0n) is 72.8. The van der Waals surface area contributed by atoms with Crippen molar-refractivity contribution < 1.29 is 2450 Å². The van der Waals surface area contributed by atoms with Gasteiger partial charge in [0.2, 0.25) is 0 Å². The molecule has 0 atom stereocenters. The minimum atomic E-state index is -0.500. The van der Waals surface area contributed by atoms with Gasteiger partial charge in [0.15, 0.2) is 0 Å². The summed E-state index contributed by atoms with van der Waals surface area (Å²) < 4.78 is 0. The number of rotatable bonds is 3. The summed E-state index contributed by atoms with van der Waals surface area (Å²) in [5, 5.41) is 0. The van der Waals surface area contributed by atoms with Crippen molar-refractivity contribution >= 4 is 0 Å². The summed E-state index contributed by atoms with van der Waals surface area (Å²) in [5.74, 6) is 0. The first-order chi connectivity index (χ1) is 13.5. The Bertz CT molecular complexity index is 406. The van der Waals surface area contributed by atoms with E-state index in [1.807, 2.05) is 0 Å². The molecule has 0 aliphatic rings. The van der Waals surface area contributed by atoms with Crippen molar-refractivity contribution in [3.05, 3.63) is 115 Å². The zero-order chi connectivity index (χ0) is 24.3. The summed E-state index contributed by atoms with van der Waals surface area (Å²) in [6, 6.07) is 6.96. The van der Waals surface area contributed by atoms with E-state index < -0.39 is 5.41 Å². The van der Waals surface area contributed by atoms with Gasteiger partial charge in [0.25, 0.3) is 0 Å². The third kappa shape index (κ3) is 738. The molecule has 1 aromatic rings. The summed E-state index contributed by atoms with van der Waals surface area (Å²) in [4.78, 5) is 0. The van der Waals surface area contributed by atoms with Gasteiger partial charge in [-0.05, 0) is 36.0 Å². The molecule has 0 saturated carbocycles. The molecule has 0 aliphatic heterocycles. The monoisotopic (exact) mass is 7240 g/mol. The molecule has 115 heavy (non-hydrogen) atoms. The van der Waals surface area contributed by atoms with Crippen LogP contribution in [0.3, 0.4) is 0 Å². The molecule has 75 radical (unpaired) electrons. The summed E-state index contributed by atoms with van der Waals surface area (Å²) in [7, 11) is 0. The Labute approximate surface area is 2620 Å². The molecule has 0 N–H and O–H groups in total. The van der Waals surface area contributed by atoms with E-state index in [9.17, 15) is 0 Å². The topological polar surface area (TPSA) is 0 Å². The van der Waals surface area contributed by atoms with Gasteiger partial charge in [-0.25, -0.2) is 0 Å². The molecule has 491 valence electrons. The smallest absolute Gasteiger partial charge is 0 e. The molecule has 75 heteroatoms. The first-order valence-electron chi connectivity index (χ1n) is 12.0. The molecule has 0 nitrogen and oxygen atoms in total. The molecule has 1 rings (SSSR count). The van der Waals surface area contributed by atoms with Crippen LogP contribution >= 0.6 is 0 Å². The largest absolute Gasteiger partial charge is 0.584 e. The summed E-state index contributed by atoms with van der Waals surface area (Å²) in [6.45, 7) is 37.4. The Balaban J connectivity index is -0.000000000605. The van der Waals surface area contributed by atoms with Crippen LogP contribution in [-0.4, -0.2) is 0 Å². The van der Waals surface area contributed by atoms with Gasteiger partial charge < -0.3 is 85.1 Å². The van der Waals surface area contributed by atoms with E-state index in [-0.39, 0.29) is 2530 Å². The molecule has 0 spiro atoms. The second-order valence-electron chi connectivity index (χ2n) is 7.55. The van der Waals surface area contributed by atoms with E-state index in [2.05, 4.69) is 122 Å². The minimum Gasteiger partial charge on any atom is -0.584 e. The van der Waals surface area contributed by atoms with E-state index in [4.69, 9.17) is 0 Å². The number of benzene rings is 1. The van der Waals surface area contributed by atoms with Crippen molar-refractivity contribution in [1.29, 1.82) is 0 Å². The number of hydrogen-bond donors (Lipinski definition) is 0. The molecule has 0 heterocycles. The molecular weight excluding hydrogens is 7150 g/mol. The van der Waals surface area contributed by atoms with Gasteiger partial charge in [0.1, 0.15) is 0 Å². The molecule has 0 amide bonds. The average Bonchev–Trinajstić information content (AvgIpc) is 2.62. The van der Waals surface area contributed by atoms with Crippen molar-refractivity contribution in [2.75, 3.05) is 0 Å². The normalized spacial score (nSPS) is 2.22. The van der Waals surface area contributed by atoms with E-state index >= 15 is 0 Å². The maximum Gasteiger partial charge on any atom is 0 e. The van der Waals surface area contributed by atoms with Crippen molar-refractivity contribution in [2.24, 2.45) is 5.41 Å². The molecule has 0 bridgehead atoms. The fraction of sp³-hybridized carbons (Fsp3) is 0.575. The molecule has 0 unspecified atom stereocenters. The Morgan fingerprint density at radius 3 is 0.183 bits per heavy atom. The second kappa shape index (κ2) is 651. The standard InChI is InChI=1S/C12H18.C5H8.4C3H8.4CH4.7CH3.75Y/c1-4-10-7-11(5-2)9-12(6-3)8-10;1-5(2,3)4;4*1-3-2;;;;;;;;;;;;;;;;;;;;;;;;;;;;;;;;;;;;;;;;;;;;;;;;;;;;;;;;;;;;;;;;;;;;;;;;;;;;;;;;;;;;;;/h7-9H,4-6H2,1-3H3;1-4H2;4*3H2,1-2H3;4*1H4;7*1H3;;;;;;;;;;;;;;;;;;;;;;;;;;;;;;;;;;;;;;;;;;;;;;;;;;;;;;;;;;;;;;;;;;;;;;;;;;;/q;-4;;;;;;;;;7*-1;;;;;;;;;;;;;;;;;;;;;;;;;;;;;;;;;;;;;;;;;;;;;;;;;;;;;;;;;;;;;;;;;;;;;;;;;;;. The SMILES string of the molecule is C.C.C.C.CCC.CCC.CCC.CCC.CCc1cc(CC)cc(CC)c1.[CH2-]C([CH2-])([CH2-])[CH2-].[CH3-].[CH3-].[CH3-].[CH3-].[CH3-].[CH3-].[CH3-].[Y].[Y].[Y].[Y].[Y].[Y].[Y].[Y].[Y].[Y].[Y].[Y].[Y].[Y].[Y].[Y].[Y].[Y].[Y].[Y].[Y].[Y].[Y].[Y].[Y].[Y].[Y].[Y].[Y].[Y].[Y].[Y].[Y].[Y].[Y].[Y].[Y].[Y].[Y].[Y].[Y].[Y].[Y].[Y].[Y].[Y].[Y].[Y].[Y].[Y].[Y].[Y].[Y].[Y].[Y].[Y].[Y].[Y].[Y].[Y].[Y].[Y].[Y].[Y].[Y].[Y].[Y].[Y].[Y].[Y].[Y].[Y].[Y].[Y].[Y]. The summed E-state index contributed by atoms with van der Waals surface area (Å²) >= 11 is 0. The van der Waals surface area contributed by atoms with Gasteiger partial charge in [-0.2, -0.15) is 0 Å². The van der Waals surface area contributed by atoms with Crippen LogP contribution in [-0.2, 0) is 2470 Å². The number of aryl methyl sites for hydroxylation is 3. The van der Waals surface area contributed by atoms with Gasteiger partial charge in [0.05, 0.1) is 0 Å². The van der Waals surface area contributed by atoms with Gasteiger partial charge in [-0.1, -0.05) is 150 Å². The van der Waals surface area contributed by atoms with Crippen LogP contribution in [0.4, 0.5) is 0 Å². The zero-order valence-corrected chi connectivity index (χ0v) is 286. The van der Waals surface area contributed by atoms with Crippen molar-refractivity contribution in [1.82, 2.24) is 0 Å². The molecule has 0 saturated heterocycles. The van der Waals surface area contributed by atoms with Crippen molar-refractivity contribution in [2.45, 2.75) is 151 Å². The molecular formula is C40H95Y75-11. The van der Waals surface area contributed by atoms with Gasteiger partial charge in [0, 0.05) is 2450 Å².